The molecule has 1 saturated carbocycles. The number of hydrogen-bond acceptors (Lipinski definition) is 4. The second-order valence-corrected chi connectivity index (χ2v) is 4.26. The van der Waals surface area contributed by atoms with Gasteiger partial charge in [0.1, 0.15) is 0 Å². The highest BCUT2D eigenvalue weighted by Gasteiger charge is 2.42. The summed E-state index contributed by atoms with van der Waals surface area (Å²) in [6, 6.07) is 0. The molecular formula is C10H22N2O2. The summed E-state index contributed by atoms with van der Waals surface area (Å²) in [5.74, 6) is 0. The van der Waals surface area contributed by atoms with Gasteiger partial charge in [-0.2, -0.15) is 0 Å². The van der Waals surface area contributed by atoms with Crippen LogP contribution in [-0.4, -0.2) is 54.5 Å². The predicted molar refractivity (Wildman–Crippen MR) is 56.0 cm³/mol. The van der Waals surface area contributed by atoms with E-state index in [9.17, 15) is 0 Å². The van der Waals surface area contributed by atoms with Crippen LogP contribution in [0.1, 0.15) is 19.3 Å². The van der Waals surface area contributed by atoms with Crippen LogP contribution < -0.4 is 5.73 Å². The normalized spacial score (nSPS) is 18.9. The molecule has 14 heavy (non-hydrogen) atoms. The van der Waals surface area contributed by atoms with E-state index in [0.717, 1.165) is 19.5 Å². The van der Waals surface area contributed by atoms with Crippen molar-refractivity contribution in [3.63, 3.8) is 0 Å². The molecule has 0 heterocycles. The Morgan fingerprint density at radius 1 is 1.14 bits per heavy atom. The molecule has 84 valence electrons. The Kier molecular flexibility index (Phi) is 4.81. The van der Waals surface area contributed by atoms with Gasteiger partial charge in [0.05, 0.1) is 13.2 Å². The second-order valence-electron chi connectivity index (χ2n) is 4.26. The maximum Gasteiger partial charge on any atom is 0.0558 e. The van der Waals surface area contributed by atoms with Crippen LogP contribution in [0.25, 0.3) is 0 Å². The fourth-order valence-electron chi connectivity index (χ4n) is 2.00. The monoisotopic (exact) mass is 202 g/mol. The summed E-state index contributed by atoms with van der Waals surface area (Å²) in [5.41, 5.74) is 5.96. The summed E-state index contributed by atoms with van der Waals surface area (Å²) < 4.78 is 0. The summed E-state index contributed by atoms with van der Waals surface area (Å²) in [6.45, 7) is 3.37. The molecule has 4 heteroatoms. The van der Waals surface area contributed by atoms with E-state index < -0.39 is 0 Å². The van der Waals surface area contributed by atoms with Crippen LogP contribution in [0.2, 0.25) is 0 Å². The molecule has 0 aromatic heterocycles. The largest absolute Gasteiger partial charge is 0.395 e. The fraction of sp³-hybridized carbons (Fsp3) is 1.00. The van der Waals surface area contributed by atoms with Gasteiger partial charge in [0.2, 0.25) is 0 Å². The third kappa shape index (κ3) is 3.53. The third-order valence-corrected chi connectivity index (χ3v) is 3.02. The van der Waals surface area contributed by atoms with E-state index in [2.05, 4.69) is 4.90 Å². The van der Waals surface area contributed by atoms with E-state index in [1.54, 1.807) is 0 Å². The molecule has 4 nitrogen and oxygen atoms in total. The smallest absolute Gasteiger partial charge is 0.0558 e. The van der Waals surface area contributed by atoms with Crippen LogP contribution in [0.15, 0.2) is 0 Å². The van der Waals surface area contributed by atoms with Crippen molar-refractivity contribution in [2.75, 3.05) is 39.4 Å². The lowest BCUT2D eigenvalue weighted by molar-refractivity contribution is 0.137. The Morgan fingerprint density at radius 2 is 1.71 bits per heavy atom. The summed E-state index contributed by atoms with van der Waals surface area (Å²) >= 11 is 0. The van der Waals surface area contributed by atoms with Crippen molar-refractivity contribution in [1.82, 2.24) is 4.90 Å². The van der Waals surface area contributed by atoms with Gasteiger partial charge in [0.15, 0.2) is 0 Å². The number of hydrogen-bond donors (Lipinski definition) is 3. The zero-order chi connectivity index (χ0) is 10.4. The van der Waals surface area contributed by atoms with E-state index in [0.29, 0.717) is 18.5 Å². The quantitative estimate of drug-likeness (QED) is 0.492. The van der Waals surface area contributed by atoms with Gasteiger partial charge in [-0.05, 0) is 31.2 Å². The molecule has 0 bridgehead atoms. The molecule has 4 N–H and O–H groups in total. The van der Waals surface area contributed by atoms with Gasteiger partial charge in [-0.3, -0.25) is 4.90 Å². The van der Waals surface area contributed by atoms with Crippen molar-refractivity contribution < 1.29 is 10.2 Å². The van der Waals surface area contributed by atoms with Gasteiger partial charge in [0.25, 0.3) is 0 Å². The van der Waals surface area contributed by atoms with Gasteiger partial charge >= 0.3 is 0 Å². The molecule has 0 aliphatic heterocycles. The lowest BCUT2D eigenvalue weighted by Gasteiger charge is -2.25. The first-order valence-electron chi connectivity index (χ1n) is 5.40. The zero-order valence-corrected chi connectivity index (χ0v) is 8.78. The molecule has 1 aliphatic rings. The summed E-state index contributed by atoms with van der Waals surface area (Å²) in [7, 11) is 0. The van der Waals surface area contributed by atoms with Crippen molar-refractivity contribution in [1.29, 1.82) is 0 Å². The Labute approximate surface area is 85.7 Å². The number of aliphatic hydroxyl groups is 2. The highest BCUT2D eigenvalue weighted by atomic mass is 16.3. The SMILES string of the molecule is NCCC1(CN(CCO)CCO)CC1. The fourth-order valence-corrected chi connectivity index (χ4v) is 2.00. The van der Waals surface area contributed by atoms with E-state index in [1.165, 1.54) is 12.8 Å². The van der Waals surface area contributed by atoms with Crippen LogP contribution in [0.3, 0.4) is 0 Å². The highest BCUT2D eigenvalue weighted by Crippen LogP contribution is 2.48. The highest BCUT2D eigenvalue weighted by molar-refractivity contribution is 4.95. The number of rotatable bonds is 8. The Hall–Kier alpha value is -0.160. The van der Waals surface area contributed by atoms with Gasteiger partial charge in [-0.25, -0.2) is 0 Å². The van der Waals surface area contributed by atoms with Gasteiger partial charge < -0.3 is 15.9 Å². The second kappa shape index (κ2) is 5.66. The average molecular weight is 202 g/mol. The van der Waals surface area contributed by atoms with E-state index in [4.69, 9.17) is 15.9 Å². The van der Waals surface area contributed by atoms with Gasteiger partial charge in [0, 0.05) is 19.6 Å². The standard InChI is InChI=1S/C10H22N2O2/c11-4-3-10(1-2-10)9-12(5-7-13)6-8-14/h13-14H,1-9,11H2. The molecule has 1 rings (SSSR count). The lowest BCUT2D eigenvalue weighted by atomic mass is 10.0. The molecule has 0 saturated heterocycles. The molecule has 0 aromatic rings. The van der Waals surface area contributed by atoms with Crippen molar-refractivity contribution >= 4 is 0 Å². The van der Waals surface area contributed by atoms with Crippen LogP contribution in [0.4, 0.5) is 0 Å². The molecule has 0 spiro atoms. The molecule has 0 aromatic carbocycles. The number of aliphatic hydroxyl groups excluding tert-OH is 2. The topological polar surface area (TPSA) is 69.7 Å². The molecule has 1 fully saturated rings. The van der Waals surface area contributed by atoms with Crippen LogP contribution in [0.5, 0.6) is 0 Å². The molecule has 0 atom stereocenters. The first kappa shape index (κ1) is 11.9. The van der Waals surface area contributed by atoms with Gasteiger partial charge in [-0.1, -0.05) is 0 Å². The van der Waals surface area contributed by atoms with Crippen LogP contribution >= 0.6 is 0 Å². The molecule has 1 aliphatic carbocycles. The lowest BCUT2D eigenvalue weighted by Crippen LogP contribution is -2.35. The van der Waals surface area contributed by atoms with E-state index in [1.807, 2.05) is 0 Å². The van der Waals surface area contributed by atoms with Crippen LogP contribution in [-0.2, 0) is 0 Å². The first-order chi connectivity index (χ1) is 6.76. The summed E-state index contributed by atoms with van der Waals surface area (Å²) in [5, 5.41) is 17.7. The zero-order valence-electron chi connectivity index (χ0n) is 8.78. The van der Waals surface area contributed by atoms with Crippen molar-refractivity contribution in [2.45, 2.75) is 19.3 Å². The average Bonchev–Trinajstić information content (AvgIpc) is 2.86. The Bertz CT molecular complexity index is 154. The molecule has 0 unspecified atom stereocenters. The van der Waals surface area contributed by atoms with Crippen molar-refractivity contribution in [2.24, 2.45) is 11.1 Å². The molecule has 0 amide bonds. The maximum absolute atomic E-state index is 8.86. The number of nitrogens with zero attached hydrogens (tertiary/aromatic N) is 1. The van der Waals surface area contributed by atoms with Crippen LogP contribution in [0, 0.1) is 5.41 Å². The first-order valence-corrected chi connectivity index (χ1v) is 5.40. The molecular weight excluding hydrogens is 180 g/mol. The van der Waals surface area contributed by atoms with E-state index >= 15 is 0 Å². The number of nitrogens with two attached hydrogens (primary N) is 1. The Balaban J connectivity index is 2.30. The minimum Gasteiger partial charge on any atom is -0.395 e. The Morgan fingerprint density at radius 3 is 2.07 bits per heavy atom. The molecule has 0 radical (unpaired) electrons. The van der Waals surface area contributed by atoms with Crippen molar-refractivity contribution in [3.8, 4) is 0 Å². The van der Waals surface area contributed by atoms with Crippen molar-refractivity contribution in [3.05, 3.63) is 0 Å². The summed E-state index contributed by atoms with van der Waals surface area (Å²) in [6.07, 6.45) is 3.56. The van der Waals surface area contributed by atoms with Gasteiger partial charge in [-0.15, -0.1) is 0 Å². The third-order valence-electron chi connectivity index (χ3n) is 3.02. The minimum absolute atomic E-state index is 0.165. The van der Waals surface area contributed by atoms with E-state index in [-0.39, 0.29) is 13.2 Å². The maximum atomic E-state index is 8.86. The predicted octanol–water partition coefficient (Wildman–Crippen LogP) is -0.598. The minimum atomic E-state index is 0.165. The summed E-state index contributed by atoms with van der Waals surface area (Å²) in [4.78, 5) is 2.13.